The van der Waals surface area contributed by atoms with E-state index in [-0.39, 0.29) is 0 Å². The van der Waals surface area contributed by atoms with Crippen molar-refractivity contribution in [2.75, 3.05) is 5.75 Å². The fourth-order valence-corrected chi connectivity index (χ4v) is 7.01. The van der Waals surface area contributed by atoms with E-state index in [0.29, 0.717) is 0 Å². The van der Waals surface area contributed by atoms with Crippen LogP contribution >= 0.6 is 0 Å². The van der Waals surface area contributed by atoms with Gasteiger partial charge in [0.25, 0.3) is 0 Å². The molecule has 0 nitrogen and oxygen atoms in total. The van der Waals surface area contributed by atoms with Crippen LogP contribution in [0.25, 0.3) is 0 Å². The fourth-order valence-electron chi connectivity index (χ4n) is 0.894. The van der Waals surface area contributed by atoms with Crippen LogP contribution in [0.3, 0.4) is 0 Å². The zero-order valence-corrected chi connectivity index (χ0v) is 13.9. The first-order valence-corrected chi connectivity index (χ1v) is 14.0. The molecule has 1 radical (unpaired) electrons. The number of hydrogen-bond donors (Lipinski definition) is 0. The first-order chi connectivity index (χ1) is 5.76. The van der Waals surface area contributed by atoms with Crippen LogP contribution in [0.2, 0.25) is 11.9 Å². The average molecular weight is 384 g/mol. The van der Waals surface area contributed by atoms with Crippen LogP contribution < -0.4 is 0 Å². The number of hydrogen-bond acceptors (Lipinski definition) is 1. The first kappa shape index (κ1) is 15.7. The van der Waals surface area contributed by atoms with Crippen molar-refractivity contribution in [3.05, 3.63) is 0 Å². The Morgan fingerprint density at radius 3 is 1.33 bits per heavy atom. The Morgan fingerprint density at radius 2 is 1.33 bits per heavy atom. The molecular formula is C10H24PbS-. The Hall–Kier alpha value is 1.27. The summed E-state index contributed by atoms with van der Waals surface area (Å²) in [6, 6.07) is 0. The van der Waals surface area contributed by atoms with Crippen LogP contribution in [-0.4, -0.2) is 28.5 Å². The van der Waals surface area contributed by atoms with Gasteiger partial charge in [0.1, 0.15) is 0 Å². The first-order valence-electron chi connectivity index (χ1n) is 5.18. The topological polar surface area (TPSA) is 0 Å². The Labute approximate surface area is 93.1 Å². The molecule has 0 aromatic heterocycles. The van der Waals surface area contributed by atoms with Crippen molar-refractivity contribution >= 4 is 35.3 Å². The predicted molar refractivity (Wildman–Crippen MR) is 64.3 cm³/mol. The van der Waals surface area contributed by atoms with Gasteiger partial charge in [-0.25, -0.2) is 0 Å². The molecule has 0 aliphatic rings. The molecule has 0 saturated heterocycles. The molecule has 0 spiro atoms. The van der Waals surface area contributed by atoms with Crippen LogP contribution in [0.4, 0.5) is 0 Å². The molecule has 0 rings (SSSR count). The zero-order chi connectivity index (χ0) is 9.82. The SMILES string of the molecule is CCCC[S-].C[CH2][Pb]([CH2]C)[CH2]C. The van der Waals surface area contributed by atoms with Gasteiger partial charge in [-0.2, -0.15) is 5.75 Å². The summed E-state index contributed by atoms with van der Waals surface area (Å²) in [5.41, 5.74) is 0. The maximum absolute atomic E-state index is 4.65. The van der Waals surface area contributed by atoms with Gasteiger partial charge < -0.3 is 12.6 Å². The van der Waals surface area contributed by atoms with Gasteiger partial charge in [-0.15, -0.1) is 0 Å². The van der Waals surface area contributed by atoms with Crippen LogP contribution in [0.5, 0.6) is 0 Å². The Morgan fingerprint density at radius 1 is 0.917 bits per heavy atom. The summed E-state index contributed by atoms with van der Waals surface area (Å²) in [6.45, 7) is 9.21. The van der Waals surface area contributed by atoms with E-state index in [1.165, 1.54) is 12.8 Å². The molecule has 0 atom stereocenters. The molecule has 0 unspecified atom stereocenters. The van der Waals surface area contributed by atoms with E-state index in [4.69, 9.17) is 0 Å². The predicted octanol–water partition coefficient (Wildman–Crippen LogP) is 3.87. The Kier molecular flexibility index (Phi) is 19.4. The van der Waals surface area contributed by atoms with Crippen molar-refractivity contribution in [1.82, 2.24) is 0 Å². The summed E-state index contributed by atoms with van der Waals surface area (Å²) in [5, 5.41) is 0. The van der Waals surface area contributed by atoms with Gasteiger partial charge in [-0.1, -0.05) is 19.8 Å². The quantitative estimate of drug-likeness (QED) is 0.513. The second-order valence-corrected chi connectivity index (χ2v) is 17.4. The molecule has 0 amide bonds. The summed E-state index contributed by atoms with van der Waals surface area (Å²) in [6.07, 6.45) is 2.44. The summed E-state index contributed by atoms with van der Waals surface area (Å²) in [7, 11) is 0. The van der Waals surface area contributed by atoms with Crippen molar-refractivity contribution < 1.29 is 0 Å². The Balaban J connectivity index is 0. The van der Waals surface area contributed by atoms with Crippen molar-refractivity contribution in [2.24, 2.45) is 0 Å². The van der Waals surface area contributed by atoms with Crippen molar-refractivity contribution in [3.63, 3.8) is 0 Å². The molecule has 0 heterocycles. The van der Waals surface area contributed by atoms with E-state index in [9.17, 15) is 0 Å². The van der Waals surface area contributed by atoms with Crippen molar-refractivity contribution in [3.8, 4) is 0 Å². The van der Waals surface area contributed by atoms with Crippen molar-refractivity contribution in [2.45, 2.75) is 52.5 Å². The van der Waals surface area contributed by atoms with Gasteiger partial charge in [0, 0.05) is 0 Å². The summed E-state index contributed by atoms with van der Waals surface area (Å²) >= 11 is 3.86. The molecule has 2 heteroatoms. The molecule has 75 valence electrons. The molecule has 0 N–H and O–H groups in total. The van der Waals surface area contributed by atoms with Gasteiger partial charge in [0.05, 0.1) is 0 Å². The van der Waals surface area contributed by atoms with Gasteiger partial charge in [-0.05, 0) is 0 Å². The minimum absolute atomic E-state index is 0.789. The van der Waals surface area contributed by atoms with Gasteiger partial charge in [0.2, 0.25) is 0 Å². The summed E-state index contributed by atoms with van der Waals surface area (Å²) in [5.74, 6) is 0.927. The van der Waals surface area contributed by atoms with Crippen LogP contribution in [0.1, 0.15) is 40.5 Å². The third-order valence-corrected chi connectivity index (χ3v) is 13.9. The Bertz CT molecular complexity index is 55.3. The molecule has 0 aromatic carbocycles. The fraction of sp³-hybridized carbons (Fsp3) is 1.00. The van der Waals surface area contributed by atoms with Gasteiger partial charge >= 0.3 is 55.4 Å². The van der Waals surface area contributed by atoms with Gasteiger partial charge in [-0.3, -0.25) is 0 Å². The average Bonchev–Trinajstić information content (AvgIpc) is 2.10. The van der Waals surface area contributed by atoms with E-state index in [2.05, 4.69) is 40.3 Å². The second-order valence-electron chi connectivity index (χ2n) is 2.87. The molecule has 0 fully saturated rings. The van der Waals surface area contributed by atoms with Gasteiger partial charge in [0.15, 0.2) is 0 Å². The van der Waals surface area contributed by atoms with Crippen molar-refractivity contribution in [1.29, 1.82) is 0 Å². The molecule has 12 heavy (non-hydrogen) atoms. The van der Waals surface area contributed by atoms with E-state index in [1.807, 2.05) is 0 Å². The third kappa shape index (κ3) is 13.8. The number of unbranched alkanes of at least 4 members (excludes halogenated alkanes) is 1. The zero-order valence-electron chi connectivity index (χ0n) is 9.15. The van der Waals surface area contributed by atoms with Crippen LogP contribution in [0, 0.1) is 0 Å². The summed E-state index contributed by atoms with van der Waals surface area (Å²) in [4.78, 5) is 0. The van der Waals surface area contributed by atoms with E-state index >= 15 is 0 Å². The maximum atomic E-state index is 4.65. The van der Waals surface area contributed by atoms with E-state index < -0.39 is 22.7 Å². The summed E-state index contributed by atoms with van der Waals surface area (Å²) < 4.78 is 4.70. The normalized spacial score (nSPS) is 9.50. The number of rotatable bonds is 5. The van der Waals surface area contributed by atoms with E-state index in [1.54, 1.807) is 11.9 Å². The third-order valence-electron chi connectivity index (χ3n) is 2.00. The molecule has 0 saturated carbocycles. The minimum atomic E-state index is -0.789. The second kappa shape index (κ2) is 14.8. The molecule has 0 bridgehead atoms. The van der Waals surface area contributed by atoms with Crippen LogP contribution in [0.15, 0.2) is 0 Å². The monoisotopic (exact) mass is 384 g/mol. The molecular weight excluding hydrogens is 359 g/mol. The van der Waals surface area contributed by atoms with Crippen LogP contribution in [-0.2, 0) is 12.6 Å². The molecule has 0 aliphatic heterocycles. The molecule has 0 aromatic rings. The molecule has 0 aliphatic carbocycles. The van der Waals surface area contributed by atoms with E-state index in [0.717, 1.165) is 5.75 Å². The standard InChI is InChI=1S/C4H10S.3C2H5.Pb/c1-2-3-4-5;3*1-2;/h5H,2-4H2,1H3;3*1H2,2H3;/p-1.